The summed E-state index contributed by atoms with van der Waals surface area (Å²) in [6, 6.07) is 27.2. The van der Waals surface area contributed by atoms with E-state index in [9.17, 15) is 9.59 Å². The molecule has 4 rings (SSSR count). The number of aromatic nitrogens is 1. The third-order valence-electron chi connectivity index (χ3n) is 5.19. The Morgan fingerprint density at radius 3 is 2.27 bits per heavy atom. The van der Waals surface area contributed by atoms with Crippen LogP contribution in [0.4, 0.5) is 0 Å². The highest BCUT2D eigenvalue weighted by Crippen LogP contribution is 2.27. The zero-order valence-electron chi connectivity index (χ0n) is 18.3. The predicted molar refractivity (Wildman–Crippen MR) is 128 cm³/mol. The third-order valence-corrected chi connectivity index (χ3v) is 5.19. The summed E-state index contributed by atoms with van der Waals surface area (Å²) in [5.41, 5.74) is 4.81. The summed E-state index contributed by atoms with van der Waals surface area (Å²) >= 11 is 0. The van der Waals surface area contributed by atoms with E-state index in [4.69, 9.17) is 14.5 Å². The van der Waals surface area contributed by atoms with Crippen LogP contribution in [0, 0.1) is 0 Å². The first-order valence-electron chi connectivity index (χ1n) is 10.6. The zero-order chi connectivity index (χ0) is 23.0. The van der Waals surface area contributed by atoms with Crippen LogP contribution in [0.1, 0.15) is 10.4 Å². The molecule has 0 saturated carbocycles. The Hall–Kier alpha value is -4.03. The molecule has 33 heavy (non-hydrogen) atoms. The molecule has 1 N–H and O–H groups in total. The number of fused-ring (bicyclic) bond motifs is 1. The van der Waals surface area contributed by atoms with E-state index in [2.05, 4.69) is 17.4 Å². The Bertz CT molecular complexity index is 1250. The number of hydrogen-bond acceptors (Lipinski definition) is 5. The summed E-state index contributed by atoms with van der Waals surface area (Å²) in [5.74, 6) is -0.951. The number of benzene rings is 3. The quantitative estimate of drug-likeness (QED) is 0.323. The average molecular weight is 440 g/mol. The fraction of sp³-hybridized carbons (Fsp3) is 0.148. The Morgan fingerprint density at radius 1 is 0.848 bits per heavy atom. The van der Waals surface area contributed by atoms with Gasteiger partial charge in [0.2, 0.25) is 0 Å². The van der Waals surface area contributed by atoms with E-state index in [-0.39, 0.29) is 12.5 Å². The molecule has 0 saturated heterocycles. The highest BCUT2D eigenvalue weighted by Gasteiger charge is 2.16. The fourth-order valence-corrected chi connectivity index (χ4v) is 3.51. The van der Waals surface area contributed by atoms with Gasteiger partial charge in [0.05, 0.1) is 23.4 Å². The molecule has 0 atom stereocenters. The van der Waals surface area contributed by atoms with Crippen molar-refractivity contribution in [3.8, 4) is 22.4 Å². The largest absolute Gasteiger partial charge is 0.452 e. The minimum Gasteiger partial charge on any atom is -0.452 e. The number of esters is 1. The summed E-state index contributed by atoms with van der Waals surface area (Å²) < 4.78 is 10.2. The van der Waals surface area contributed by atoms with Crippen molar-refractivity contribution in [3.63, 3.8) is 0 Å². The molecule has 0 fully saturated rings. The van der Waals surface area contributed by atoms with Crippen LogP contribution in [0.5, 0.6) is 0 Å². The van der Waals surface area contributed by atoms with Gasteiger partial charge in [0.15, 0.2) is 6.61 Å². The van der Waals surface area contributed by atoms with Gasteiger partial charge < -0.3 is 14.8 Å². The van der Waals surface area contributed by atoms with Gasteiger partial charge in [-0.1, -0.05) is 72.8 Å². The first-order chi connectivity index (χ1) is 16.2. The number of carbonyl (C=O) groups excluding carboxylic acids is 2. The lowest BCUT2D eigenvalue weighted by molar-refractivity contribution is -0.124. The van der Waals surface area contributed by atoms with Crippen molar-refractivity contribution in [2.24, 2.45) is 0 Å². The molecule has 6 nitrogen and oxygen atoms in total. The lowest BCUT2D eigenvalue weighted by atomic mass is 10.0. The number of hydrogen-bond donors (Lipinski definition) is 1. The van der Waals surface area contributed by atoms with E-state index in [1.807, 2.05) is 66.7 Å². The maximum atomic E-state index is 12.9. The Morgan fingerprint density at radius 2 is 1.52 bits per heavy atom. The second-order valence-electron chi connectivity index (χ2n) is 7.43. The third kappa shape index (κ3) is 5.42. The van der Waals surface area contributed by atoms with Crippen LogP contribution < -0.4 is 5.32 Å². The average Bonchev–Trinajstić information content (AvgIpc) is 2.87. The van der Waals surface area contributed by atoms with Gasteiger partial charge in [-0.2, -0.15) is 0 Å². The predicted octanol–water partition coefficient (Wildman–Crippen LogP) is 4.49. The molecule has 3 aromatic carbocycles. The molecule has 1 heterocycles. The summed E-state index contributed by atoms with van der Waals surface area (Å²) in [4.78, 5) is 29.5. The van der Waals surface area contributed by atoms with Crippen LogP contribution in [0.3, 0.4) is 0 Å². The number of pyridine rings is 1. The second-order valence-corrected chi connectivity index (χ2v) is 7.43. The second kappa shape index (κ2) is 10.5. The molecule has 1 aromatic heterocycles. The molecule has 0 radical (unpaired) electrons. The molecule has 0 spiro atoms. The highest BCUT2D eigenvalue weighted by molar-refractivity contribution is 6.05. The maximum absolute atomic E-state index is 12.9. The number of carbonyl (C=O) groups is 2. The van der Waals surface area contributed by atoms with Crippen molar-refractivity contribution in [2.45, 2.75) is 0 Å². The van der Waals surface area contributed by atoms with Crippen LogP contribution in [-0.4, -0.2) is 43.7 Å². The minimum atomic E-state index is -0.572. The topological polar surface area (TPSA) is 77.5 Å². The Labute approximate surface area is 192 Å². The molecule has 0 bridgehead atoms. The van der Waals surface area contributed by atoms with Gasteiger partial charge >= 0.3 is 5.97 Å². The number of methoxy groups -OCH3 is 1. The number of nitrogens with one attached hydrogen (secondary N) is 1. The van der Waals surface area contributed by atoms with Crippen molar-refractivity contribution in [3.05, 3.63) is 90.5 Å². The van der Waals surface area contributed by atoms with Crippen LogP contribution in [0.2, 0.25) is 0 Å². The standard InChI is InChI=1S/C27H24N2O4/c1-32-16-15-28-26(30)18-33-27(31)23-17-25(29-24-10-6-5-9-22(23)24)21-13-11-20(12-14-21)19-7-3-2-4-8-19/h2-14,17H,15-16,18H2,1H3,(H,28,30). The Balaban J connectivity index is 1.59. The first kappa shape index (κ1) is 22.2. The molecule has 6 heteroatoms. The summed E-state index contributed by atoms with van der Waals surface area (Å²) in [6.45, 7) is 0.385. The minimum absolute atomic E-state index is 0.355. The lowest BCUT2D eigenvalue weighted by Crippen LogP contribution is -2.31. The normalized spacial score (nSPS) is 10.7. The van der Waals surface area contributed by atoms with Gasteiger partial charge in [0, 0.05) is 24.6 Å². The smallest absolute Gasteiger partial charge is 0.339 e. The van der Waals surface area contributed by atoms with Crippen molar-refractivity contribution in [2.75, 3.05) is 26.9 Å². The molecule has 1 amide bonds. The zero-order valence-corrected chi connectivity index (χ0v) is 18.3. The fourth-order valence-electron chi connectivity index (χ4n) is 3.51. The summed E-state index contributed by atoms with van der Waals surface area (Å²) in [6.07, 6.45) is 0. The van der Waals surface area contributed by atoms with E-state index in [1.54, 1.807) is 13.2 Å². The van der Waals surface area contributed by atoms with Crippen LogP contribution >= 0.6 is 0 Å². The monoisotopic (exact) mass is 440 g/mol. The molecule has 166 valence electrons. The molecule has 0 aliphatic rings. The van der Waals surface area contributed by atoms with Crippen LogP contribution in [0.15, 0.2) is 84.9 Å². The van der Waals surface area contributed by atoms with Crippen molar-refractivity contribution < 1.29 is 19.1 Å². The van der Waals surface area contributed by atoms with Gasteiger partial charge in [-0.25, -0.2) is 9.78 Å². The molecule has 0 aliphatic carbocycles. The summed E-state index contributed by atoms with van der Waals surface area (Å²) in [7, 11) is 1.55. The van der Waals surface area contributed by atoms with Gasteiger partial charge in [-0.05, 0) is 23.3 Å². The van der Waals surface area contributed by atoms with E-state index in [0.717, 1.165) is 16.7 Å². The van der Waals surface area contributed by atoms with Crippen molar-refractivity contribution >= 4 is 22.8 Å². The van der Waals surface area contributed by atoms with Gasteiger partial charge in [0.25, 0.3) is 5.91 Å². The molecule has 0 aliphatic heterocycles. The van der Waals surface area contributed by atoms with Gasteiger partial charge in [-0.15, -0.1) is 0 Å². The van der Waals surface area contributed by atoms with Gasteiger partial charge in [0.1, 0.15) is 0 Å². The van der Waals surface area contributed by atoms with Gasteiger partial charge in [-0.3, -0.25) is 4.79 Å². The summed E-state index contributed by atoms with van der Waals surface area (Å²) in [5, 5.41) is 3.30. The maximum Gasteiger partial charge on any atom is 0.339 e. The lowest BCUT2D eigenvalue weighted by Gasteiger charge is -2.11. The number of para-hydroxylation sites is 1. The van der Waals surface area contributed by atoms with E-state index < -0.39 is 5.97 Å². The van der Waals surface area contributed by atoms with E-state index in [0.29, 0.717) is 35.3 Å². The van der Waals surface area contributed by atoms with E-state index in [1.165, 1.54) is 0 Å². The number of nitrogens with zero attached hydrogens (tertiary/aromatic N) is 1. The number of ether oxygens (including phenoxy) is 2. The Kier molecular flexibility index (Phi) is 7.07. The number of amides is 1. The van der Waals surface area contributed by atoms with Crippen LogP contribution in [0.25, 0.3) is 33.3 Å². The highest BCUT2D eigenvalue weighted by atomic mass is 16.5. The van der Waals surface area contributed by atoms with Crippen LogP contribution in [-0.2, 0) is 14.3 Å². The molecule has 4 aromatic rings. The molecular weight excluding hydrogens is 416 g/mol. The first-order valence-corrected chi connectivity index (χ1v) is 10.6. The SMILES string of the molecule is COCCNC(=O)COC(=O)c1cc(-c2ccc(-c3ccccc3)cc2)nc2ccccc12. The molecule has 0 unspecified atom stereocenters. The number of rotatable bonds is 8. The molecular formula is C27H24N2O4. The van der Waals surface area contributed by atoms with Crippen molar-refractivity contribution in [1.29, 1.82) is 0 Å². The van der Waals surface area contributed by atoms with E-state index >= 15 is 0 Å². The van der Waals surface area contributed by atoms with Crippen molar-refractivity contribution in [1.82, 2.24) is 10.3 Å².